The molecule has 0 spiro atoms. The van der Waals surface area contributed by atoms with Gasteiger partial charge < -0.3 is 0 Å². The van der Waals surface area contributed by atoms with Crippen molar-refractivity contribution in [1.82, 2.24) is 10.6 Å². The first-order valence-electron chi connectivity index (χ1n) is 7.71. The van der Waals surface area contributed by atoms with E-state index in [0.717, 1.165) is 5.56 Å². The van der Waals surface area contributed by atoms with Crippen LogP contribution in [-0.4, -0.2) is 41.2 Å². The number of carbonyl (C=O) groups is 1. The minimum atomic E-state index is -1.80. The number of hydrogen-bond acceptors (Lipinski definition) is 4. The Balaban J connectivity index is 1.98. The third kappa shape index (κ3) is 7.83. The SMILES string of the molecule is O=C(/C=C/c1ccccc1)NC(NC(=[Se])Nc1ccc(O)cc1)C(Cl)(Cl)Cl. The van der Waals surface area contributed by atoms with Crippen molar-refractivity contribution in [3.63, 3.8) is 0 Å². The molecule has 0 heterocycles. The van der Waals surface area contributed by atoms with E-state index in [-0.39, 0.29) is 5.75 Å². The van der Waals surface area contributed by atoms with Gasteiger partial charge in [-0.2, -0.15) is 0 Å². The fourth-order valence-electron chi connectivity index (χ4n) is 1.97. The van der Waals surface area contributed by atoms with Gasteiger partial charge in [0.1, 0.15) is 0 Å². The van der Waals surface area contributed by atoms with E-state index in [0.29, 0.717) is 10.4 Å². The quantitative estimate of drug-likeness (QED) is 0.158. The number of benzene rings is 2. The second-order valence-electron chi connectivity index (χ2n) is 5.37. The molecule has 2 aromatic rings. The van der Waals surface area contributed by atoms with Crippen molar-refractivity contribution in [2.24, 2.45) is 0 Å². The first-order valence-corrected chi connectivity index (χ1v) is 9.70. The van der Waals surface area contributed by atoms with Gasteiger partial charge in [-0.15, -0.1) is 0 Å². The number of phenolic OH excluding ortho intramolecular Hbond substituents is 1. The summed E-state index contributed by atoms with van der Waals surface area (Å²) >= 11 is 20.7. The molecule has 0 aliphatic carbocycles. The van der Waals surface area contributed by atoms with Crippen LogP contribution in [0.15, 0.2) is 60.7 Å². The summed E-state index contributed by atoms with van der Waals surface area (Å²) in [6.45, 7) is 0. The molecule has 4 N–H and O–H groups in total. The average Bonchev–Trinajstić information content (AvgIpc) is 2.61. The third-order valence-corrected chi connectivity index (χ3v) is 4.36. The number of hydrogen-bond donors (Lipinski definition) is 4. The van der Waals surface area contributed by atoms with Crippen molar-refractivity contribution in [3.05, 3.63) is 66.2 Å². The Hall–Kier alpha value is -1.69. The maximum atomic E-state index is 12.2. The Morgan fingerprint density at radius 2 is 1.67 bits per heavy atom. The molecule has 2 aromatic carbocycles. The van der Waals surface area contributed by atoms with Gasteiger partial charge in [0.25, 0.3) is 0 Å². The number of nitrogens with one attached hydrogen (secondary N) is 3. The molecule has 0 saturated carbocycles. The summed E-state index contributed by atoms with van der Waals surface area (Å²) in [5.74, 6) is -0.285. The van der Waals surface area contributed by atoms with Gasteiger partial charge in [0.2, 0.25) is 0 Å². The molecule has 0 bridgehead atoms. The number of aromatic hydroxyl groups is 1. The molecule has 0 radical (unpaired) electrons. The van der Waals surface area contributed by atoms with Crippen LogP contribution in [0.1, 0.15) is 5.56 Å². The zero-order chi connectivity index (χ0) is 19.9. The van der Waals surface area contributed by atoms with Crippen LogP contribution < -0.4 is 16.0 Å². The summed E-state index contributed by atoms with van der Waals surface area (Å²) in [4.78, 5) is 12.2. The number of rotatable bonds is 7. The van der Waals surface area contributed by atoms with Crippen LogP contribution in [-0.2, 0) is 4.79 Å². The number of anilines is 1. The molecular weight excluding hydrogens is 476 g/mol. The Labute approximate surface area is 180 Å². The molecule has 2 rings (SSSR count). The van der Waals surface area contributed by atoms with Gasteiger partial charge >= 0.3 is 181 Å². The van der Waals surface area contributed by atoms with E-state index in [2.05, 4.69) is 31.5 Å². The Morgan fingerprint density at radius 1 is 1.04 bits per heavy atom. The summed E-state index contributed by atoms with van der Waals surface area (Å²) in [7, 11) is 0. The number of amides is 1. The van der Waals surface area contributed by atoms with Crippen LogP contribution in [0.25, 0.3) is 6.08 Å². The van der Waals surface area contributed by atoms with Gasteiger partial charge in [0.15, 0.2) is 0 Å². The number of carbonyl (C=O) groups excluding carboxylic acids is 1. The minimum absolute atomic E-state index is 0.145. The van der Waals surface area contributed by atoms with Gasteiger partial charge in [-0.3, -0.25) is 0 Å². The van der Waals surface area contributed by atoms with Gasteiger partial charge in [-0.05, 0) is 0 Å². The molecule has 1 atom stereocenters. The van der Waals surface area contributed by atoms with Gasteiger partial charge in [0, 0.05) is 0 Å². The predicted octanol–water partition coefficient (Wildman–Crippen LogP) is 3.18. The Bertz CT molecular complexity index is 809. The molecule has 1 unspecified atom stereocenters. The second kappa shape index (κ2) is 10.0. The molecule has 0 aliphatic heterocycles. The van der Waals surface area contributed by atoms with Crippen molar-refractivity contribution in [1.29, 1.82) is 0 Å². The molecule has 0 fully saturated rings. The molecule has 0 aromatic heterocycles. The zero-order valence-corrected chi connectivity index (χ0v) is 17.8. The van der Waals surface area contributed by atoms with E-state index in [1.807, 2.05) is 30.3 Å². The first kappa shape index (κ1) is 21.6. The van der Waals surface area contributed by atoms with Crippen LogP contribution >= 0.6 is 34.8 Å². The topological polar surface area (TPSA) is 73.4 Å². The van der Waals surface area contributed by atoms with Crippen LogP contribution in [0.5, 0.6) is 5.75 Å². The first-order chi connectivity index (χ1) is 12.7. The molecule has 0 saturated heterocycles. The van der Waals surface area contributed by atoms with E-state index >= 15 is 0 Å². The predicted molar refractivity (Wildman–Crippen MR) is 113 cm³/mol. The Morgan fingerprint density at radius 3 is 2.26 bits per heavy atom. The van der Waals surface area contributed by atoms with Crippen LogP contribution in [0.2, 0.25) is 0 Å². The van der Waals surface area contributed by atoms with E-state index < -0.39 is 15.9 Å². The summed E-state index contributed by atoms with van der Waals surface area (Å²) in [6, 6.07) is 15.7. The van der Waals surface area contributed by atoms with Crippen molar-refractivity contribution in [2.45, 2.75) is 9.96 Å². The van der Waals surface area contributed by atoms with Crippen molar-refractivity contribution in [3.8, 4) is 5.75 Å². The summed E-state index contributed by atoms with van der Waals surface area (Å²) in [6.07, 6.45) is 2.01. The van der Waals surface area contributed by atoms with E-state index in [9.17, 15) is 9.90 Å². The van der Waals surface area contributed by atoms with Crippen LogP contribution in [0, 0.1) is 0 Å². The van der Waals surface area contributed by atoms with Crippen LogP contribution in [0.4, 0.5) is 5.69 Å². The zero-order valence-electron chi connectivity index (χ0n) is 13.8. The number of halogens is 3. The monoisotopic (exact) mass is 491 g/mol. The molecule has 0 aliphatic rings. The molecular formula is C18H16Cl3N3O2Se. The van der Waals surface area contributed by atoms with Gasteiger partial charge in [0.05, 0.1) is 0 Å². The second-order valence-corrected chi connectivity index (χ2v) is 8.60. The van der Waals surface area contributed by atoms with E-state index in [1.165, 1.54) is 18.2 Å². The maximum absolute atomic E-state index is 12.2. The molecule has 1 amide bonds. The summed E-state index contributed by atoms with van der Waals surface area (Å²) < 4.78 is -1.38. The fourth-order valence-corrected chi connectivity index (χ4v) is 2.79. The third-order valence-electron chi connectivity index (χ3n) is 3.24. The fraction of sp³-hybridized carbons (Fsp3) is 0.111. The van der Waals surface area contributed by atoms with Crippen molar-refractivity contribution < 1.29 is 9.90 Å². The van der Waals surface area contributed by atoms with Gasteiger partial charge in [-0.25, -0.2) is 0 Å². The normalized spacial score (nSPS) is 12.4. The van der Waals surface area contributed by atoms with Crippen molar-refractivity contribution in [2.75, 3.05) is 5.32 Å². The molecule has 27 heavy (non-hydrogen) atoms. The van der Waals surface area contributed by atoms with E-state index in [1.54, 1.807) is 18.2 Å². The average molecular weight is 492 g/mol. The summed E-state index contributed by atoms with van der Waals surface area (Å²) in [5.41, 5.74) is 1.56. The van der Waals surface area contributed by atoms with Crippen LogP contribution in [0.3, 0.4) is 0 Å². The molecule has 142 valence electrons. The van der Waals surface area contributed by atoms with Gasteiger partial charge in [-0.1, -0.05) is 0 Å². The number of phenols is 1. The van der Waals surface area contributed by atoms with Crippen molar-refractivity contribution >= 4 is 72.7 Å². The molecule has 5 nitrogen and oxygen atoms in total. The summed E-state index contributed by atoms with van der Waals surface area (Å²) in [5, 5.41) is 17.8. The number of alkyl halides is 3. The Kier molecular flexibility index (Phi) is 8.02. The molecule has 9 heteroatoms. The standard InChI is InChI=1S/C18H16Cl3N3O2Se/c19-18(20,21)16(23-15(26)11-6-12-4-2-1-3-5-12)24-17(27)22-13-7-9-14(25)10-8-13/h1-11,16,25H,(H,23,26)(H2,22,24,27)/b11-6+. The van der Waals surface area contributed by atoms with E-state index in [4.69, 9.17) is 34.8 Å².